The largest absolute Gasteiger partial charge is 0.271 e. The summed E-state index contributed by atoms with van der Waals surface area (Å²) in [4.78, 5) is 0. The first-order valence-electron chi connectivity index (χ1n) is 3.57. The second-order valence-corrected chi connectivity index (χ2v) is 6.80. The monoisotopic (exact) mass is 161 g/mol. The lowest BCUT2D eigenvalue weighted by atomic mass is 10.8. The Hall–Kier alpha value is 0.0500. The van der Waals surface area contributed by atoms with Crippen LogP contribution in [0.3, 0.4) is 0 Å². The lowest BCUT2D eigenvalue weighted by Crippen LogP contribution is -2.23. The highest BCUT2D eigenvalue weighted by molar-refractivity contribution is 8.30. The summed E-state index contributed by atoms with van der Waals surface area (Å²) in [7, 11) is 1.63. The molecule has 0 fully saturated rings. The minimum atomic E-state index is -0.545. The van der Waals surface area contributed by atoms with Crippen LogP contribution in [0.25, 0.3) is 0 Å². The van der Waals surface area contributed by atoms with Gasteiger partial charge in [0.2, 0.25) is 0 Å². The van der Waals surface area contributed by atoms with Crippen molar-refractivity contribution in [3.63, 3.8) is 0 Å². The van der Waals surface area contributed by atoms with E-state index in [4.69, 9.17) is 0 Å². The van der Waals surface area contributed by atoms with E-state index >= 15 is 0 Å². The Balaban J connectivity index is 3.94. The Morgan fingerprint density at radius 3 is 2.30 bits per heavy atom. The topological polar surface area (TPSA) is 3.24 Å². The second-order valence-electron chi connectivity index (χ2n) is 2.88. The molecule has 62 valence electrons. The third-order valence-corrected chi connectivity index (χ3v) is 4.81. The van der Waals surface area contributed by atoms with Crippen molar-refractivity contribution in [3.05, 3.63) is 12.7 Å². The van der Waals surface area contributed by atoms with Crippen LogP contribution in [0.5, 0.6) is 0 Å². The summed E-state index contributed by atoms with van der Waals surface area (Å²) in [6.45, 7) is 7.08. The van der Waals surface area contributed by atoms with E-state index in [9.17, 15) is 0 Å². The molecule has 0 aromatic heterocycles. The van der Waals surface area contributed by atoms with E-state index in [0.29, 0.717) is 0 Å². The number of hydrogen-bond donors (Lipinski definition) is 0. The Bertz CT molecular complexity index is 110. The summed E-state index contributed by atoms with van der Waals surface area (Å²) in [5, 5.41) is 0. The maximum atomic E-state index is 3.76. The van der Waals surface area contributed by atoms with Gasteiger partial charge in [-0.05, 0) is 19.6 Å². The molecule has 0 aliphatic rings. The van der Waals surface area contributed by atoms with E-state index in [0.717, 1.165) is 12.3 Å². The van der Waals surface area contributed by atoms with Gasteiger partial charge in [-0.2, -0.15) is 10.2 Å². The SMILES string of the molecule is C=CCS(C)(C)N(C)CC. The summed E-state index contributed by atoms with van der Waals surface area (Å²) < 4.78 is 2.41. The van der Waals surface area contributed by atoms with E-state index in [1.807, 2.05) is 6.08 Å². The van der Waals surface area contributed by atoms with Gasteiger partial charge in [0.1, 0.15) is 0 Å². The third-order valence-electron chi connectivity index (χ3n) is 1.81. The molecule has 10 heavy (non-hydrogen) atoms. The number of nitrogens with zero attached hydrogens (tertiary/aromatic N) is 1. The highest BCUT2D eigenvalue weighted by atomic mass is 32.3. The van der Waals surface area contributed by atoms with E-state index in [1.165, 1.54) is 0 Å². The van der Waals surface area contributed by atoms with Gasteiger partial charge in [0.05, 0.1) is 0 Å². The molecule has 0 rings (SSSR count). The van der Waals surface area contributed by atoms with Gasteiger partial charge in [-0.15, -0.1) is 6.58 Å². The van der Waals surface area contributed by atoms with Gasteiger partial charge >= 0.3 is 0 Å². The maximum absolute atomic E-state index is 3.76. The van der Waals surface area contributed by atoms with Gasteiger partial charge in [-0.25, -0.2) is 0 Å². The lowest BCUT2D eigenvalue weighted by molar-refractivity contribution is 0.588. The summed E-state index contributed by atoms with van der Waals surface area (Å²) in [6.07, 6.45) is 6.65. The fraction of sp³-hybridized carbons (Fsp3) is 0.750. The van der Waals surface area contributed by atoms with Crippen molar-refractivity contribution in [3.8, 4) is 0 Å². The molecule has 1 nitrogen and oxygen atoms in total. The maximum Gasteiger partial charge on any atom is 0.00648 e. The molecule has 2 heteroatoms. The van der Waals surface area contributed by atoms with Crippen molar-refractivity contribution in [2.24, 2.45) is 0 Å². The number of rotatable bonds is 4. The first-order chi connectivity index (χ1) is 4.54. The smallest absolute Gasteiger partial charge is 0.00648 e. The van der Waals surface area contributed by atoms with Gasteiger partial charge < -0.3 is 0 Å². The van der Waals surface area contributed by atoms with Crippen LogP contribution in [0.15, 0.2) is 12.7 Å². The van der Waals surface area contributed by atoms with E-state index in [-0.39, 0.29) is 0 Å². The molecular weight excluding hydrogens is 142 g/mol. The van der Waals surface area contributed by atoms with Gasteiger partial charge in [0.15, 0.2) is 0 Å². The minimum Gasteiger partial charge on any atom is -0.271 e. The quantitative estimate of drug-likeness (QED) is 0.571. The molecule has 0 saturated carbocycles. The number of hydrogen-bond acceptors (Lipinski definition) is 1. The molecule has 0 aliphatic heterocycles. The summed E-state index contributed by atoms with van der Waals surface area (Å²) in [5.74, 6) is 1.14. The van der Waals surface area contributed by atoms with Crippen LogP contribution in [-0.4, -0.2) is 36.2 Å². The van der Waals surface area contributed by atoms with Crippen LogP contribution in [0, 0.1) is 0 Å². The molecule has 0 saturated heterocycles. The van der Waals surface area contributed by atoms with Gasteiger partial charge in [0, 0.05) is 12.3 Å². The van der Waals surface area contributed by atoms with Crippen molar-refractivity contribution >= 4 is 10.2 Å². The second kappa shape index (κ2) is 4.04. The molecule has 0 amide bonds. The fourth-order valence-corrected chi connectivity index (χ4v) is 2.30. The Morgan fingerprint density at radius 2 is 2.00 bits per heavy atom. The molecule has 0 heterocycles. The molecular formula is C8H19NS. The first kappa shape index (κ1) is 10.0. The van der Waals surface area contributed by atoms with Crippen LogP contribution in [-0.2, 0) is 0 Å². The Labute approximate surface area is 66.6 Å². The average Bonchev–Trinajstić information content (AvgIpc) is 1.86. The summed E-state index contributed by atoms with van der Waals surface area (Å²) >= 11 is 0. The lowest BCUT2D eigenvalue weighted by Gasteiger charge is -2.39. The van der Waals surface area contributed by atoms with Gasteiger partial charge in [-0.3, -0.25) is 4.31 Å². The van der Waals surface area contributed by atoms with Crippen molar-refractivity contribution in [2.75, 3.05) is 31.9 Å². The summed E-state index contributed by atoms with van der Waals surface area (Å²) in [6, 6.07) is 0. The summed E-state index contributed by atoms with van der Waals surface area (Å²) in [5.41, 5.74) is 0. The molecule has 0 N–H and O–H groups in total. The van der Waals surface area contributed by atoms with Gasteiger partial charge in [-0.1, -0.05) is 13.0 Å². The van der Waals surface area contributed by atoms with Crippen LogP contribution >= 0.6 is 10.2 Å². The zero-order valence-corrected chi connectivity index (χ0v) is 8.37. The average molecular weight is 161 g/mol. The molecule has 0 radical (unpaired) electrons. The predicted molar refractivity (Wildman–Crippen MR) is 52.8 cm³/mol. The Kier molecular flexibility index (Phi) is 4.06. The van der Waals surface area contributed by atoms with Crippen molar-refractivity contribution in [1.82, 2.24) is 4.31 Å². The van der Waals surface area contributed by atoms with Gasteiger partial charge in [0.25, 0.3) is 0 Å². The molecule has 0 unspecified atom stereocenters. The molecule has 0 aliphatic carbocycles. The van der Waals surface area contributed by atoms with Crippen LogP contribution < -0.4 is 0 Å². The predicted octanol–water partition coefficient (Wildman–Crippen LogP) is 2.10. The zero-order chi connectivity index (χ0) is 8.20. The standard InChI is InChI=1S/C8H19NS/c1-6-8-10(4,5)9(3)7-2/h6H,1,7-8H2,2-5H3. The van der Waals surface area contributed by atoms with Crippen LogP contribution in [0.1, 0.15) is 6.92 Å². The van der Waals surface area contributed by atoms with E-state index in [2.05, 4.69) is 37.4 Å². The first-order valence-corrected chi connectivity index (χ1v) is 6.15. The highest BCUT2D eigenvalue weighted by Gasteiger charge is 2.13. The van der Waals surface area contributed by atoms with Crippen molar-refractivity contribution in [1.29, 1.82) is 0 Å². The molecule has 0 spiro atoms. The third kappa shape index (κ3) is 2.76. The molecule has 0 aromatic carbocycles. The molecule has 0 atom stereocenters. The molecule has 0 bridgehead atoms. The Morgan fingerprint density at radius 1 is 1.50 bits per heavy atom. The zero-order valence-electron chi connectivity index (χ0n) is 7.55. The minimum absolute atomic E-state index is 0.545. The van der Waals surface area contributed by atoms with Crippen LogP contribution in [0.4, 0.5) is 0 Å². The fourth-order valence-electron chi connectivity index (χ4n) is 0.765. The normalized spacial score (nSPS) is 13.7. The highest BCUT2D eigenvalue weighted by Crippen LogP contribution is 2.42. The van der Waals surface area contributed by atoms with Crippen molar-refractivity contribution < 1.29 is 0 Å². The van der Waals surface area contributed by atoms with Crippen molar-refractivity contribution in [2.45, 2.75) is 6.92 Å². The van der Waals surface area contributed by atoms with E-state index in [1.54, 1.807) is 0 Å². The van der Waals surface area contributed by atoms with Crippen LogP contribution in [0.2, 0.25) is 0 Å². The van der Waals surface area contributed by atoms with E-state index < -0.39 is 10.2 Å². The molecule has 0 aromatic rings.